The van der Waals surface area contributed by atoms with Gasteiger partial charge in [-0.25, -0.2) is 0 Å². The summed E-state index contributed by atoms with van der Waals surface area (Å²) in [7, 11) is 0. The van der Waals surface area contributed by atoms with Gasteiger partial charge in [-0.1, -0.05) is 55.3 Å². The monoisotopic (exact) mass is 335 g/mol. The Balaban J connectivity index is 1.40. The third-order valence-corrected chi connectivity index (χ3v) is 5.69. The fourth-order valence-electron chi connectivity index (χ4n) is 4.28. The first kappa shape index (κ1) is 16.2. The second-order valence-corrected chi connectivity index (χ2v) is 7.35. The van der Waals surface area contributed by atoms with Gasteiger partial charge in [0.05, 0.1) is 13.0 Å². The molecule has 0 atom stereocenters. The number of fused-ring (bicyclic) bond motifs is 1. The summed E-state index contributed by atoms with van der Waals surface area (Å²) in [6.45, 7) is 1.49. The molecule has 0 aromatic heterocycles. The van der Waals surface area contributed by atoms with E-state index in [0.29, 0.717) is 6.42 Å². The third-order valence-electron chi connectivity index (χ3n) is 5.69. The number of rotatable bonds is 5. The minimum atomic E-state index is 0.112. The van der Waals surface area contributed by atoms with Gasteiger partial charge in [-0.15, -0.1) is 0 Å². The quantitative estimate of drug-likeness (QED) is 0.903. The zero-order valence-electron chi connectivity index (χ0n) is 14.6. The summed E-state index contributed by atoms with van der Waals surface area (Å²) >= 11 is 0. The highest BCUT2D eigenvalue weighted by atomic mass is 16.5. The SMILES string of the molecule is O=C(Cc1ccc2c(c1)CCO2)NCC1(c2ccccc2)CCCC1. The Kier molecular flexibility index (Phi) is 4.48. The lowest BCUT2D eigenvalue weighted by molar-refractivity contribution is -0.120. The normalized spacial score (nSPS) is 17.8. The summed E-state index contributed by atoms with van der Waals surface area (Å²) in [4.78, 5) is 12.5. The average molecular weight is 335 g/mol. The number of benzene rings is 2. The van der Waals surface area contributed by atoms with Crippen molar-refractivity contribution >= 4 is 5.91 Å². The maximum absolute atomic E-state index is 12.5. The van der Waals surface area contributed by atoms with Crippen LogP contribution in [0.4, 0.5) is 0 Å². The van der Waals surface area contributed by atoms with Gasteiger partial charge in [0.1, 0.15) is 5.75 Å². The predicted molar refractivity (Wildman–Crippen MR) is 98.9 cm³/mol. The van der Waals surface area contributed by atoms with Crippen molar-refractivity contribution in [1.82, 2.24) is 5.32 Å². The molecule has 1 amide bonds. The molecule has 1 N–H and O–H groups in total. The minimum absolute atomic E-state index is 0.112. The molecule has 2 aliphatic rings. The van der Waals surface area contributed by atoms with Crippen LogP contribution in [0.1, 0.15) is 42.4 Å². The Morgan fingerprint density at radius 1 is 1.08 bits per heavy atom. The second-order valence-electron chi connectivity index (χ2n) is 7.35. The highest BCUT2D eigenvalue weighted by Gasteiger charge is 2.35. The van der Waals surface area contributed by atoms with Crippen molar-refractivity contribution in [2.45, 2.75) is 43.9 Å². The van der Waals surface area contributed by atoms with Crippen molar-refractivity contribution in [3.63, 3.8) is 0 Å². The van der Waals surface area contributed by atoms with Crippen LogP contribution in [0.15, 0.2) is 48.5 Å². The molecule has 2 aromatic rings. The van der Waals surface area contributed by atoms with Crippen LogP contribution in [-0.2, 0) is 23.1 Å². The molecule has 0 spiro atoms. The predicted octanol–water partition coefficient (Wildman–Crippen LogP) is 3.79. The molecule has 0 radical (unpaired) electrons. The van der Waals surface area contributed by atoms with E-state index in [9.17, 15) is 4.79 Å². The number of amides is 1. The molecule has 0 unspecified atom stereocenters. The highest BCUT2D eigenvalue weighted by molar-refractivity contribution is 5.78. The van der Waals surface area contributed by atoms with Crippen molar-refractivity contribution in [3.05, 3.63) is 65.2 Å². The lowest BCUT2D eigenvalue weighted by Crippen LogP contribution is -2.39. The van der Waals surface area contributed by atoms with E-state index in [1.807, 2.05) is 12.1 Å². The molecular weight excluding hydrogens is 310 g/mol. The lowest BCUT2D eigenvalue weighted by Gasteiger charge is -2.30. The first-order valence-electron chi connectivity index (χ1n) is 9.32. The van der Waals surface area contributed by atoms with Crippen LogP contribution < -0.4 is 10.1 Å². The van der Waals surface area contributed by atoms with E-state index >= 15 is 0 Å². The van der Waals surface area contributed by atoms with Gasteiger partial charge in [-0.3, -0.25) is 4.79 Å². The van der Waals surface area contributed by atoms with E-state index in [-0.39, 0.29) is 11.3 Å². The zero-order valence-corrected chi connectivity index (χ0v) is 14.6. The highest BCUT2D eigenvalue weighted by Crippen LogP contribution is 2.40. The summed E-state index contributed by atoms with van der Waals surface area (Å²) < 4.78 is 5.54. The Hall–Kier alpha value is -2.29. The molecule has 1 fully saturated rings. The number of nitrogens with one attached hydrogen (secondary N) is 1. The number of hydrogen-bond donors (Lipinski definition) is 1. The van der Waals surface area contributed by atoms with Gasteiger partial charge >= 0.3 is 0 Å². The maximum atomic E-state index is 12.5. The zero-order chi connectivity index (χ0) is 17.1. The van der Waals surface area contributed by atoms with E-state index in [1.54, 1.807) is 0 Å². The lowest BCUT2D eigenvalue weighted by atomic mass is 9.79. The van der Waals surface area contributed by atoms with E-state index in [2.05, 4.69) is 41.7 Å². The van der Waals surface area contributed by atoms with Gasteiger partial charge in [0.25, 0.3) is 0 Å². The van der Waals surface area contributed by atoms with Crippen LogP contribution in [0, 0.1) is 0 Å². The van der Waals surface area contributed by atoms with Gasteiger partial charge in [-0.05, 0) is 35.6 Å². The summed E-state index contributed by atoms with van der Waals surface area (Å²) in [6.07, 6.45) is 6.20. The van der Waals surface area contributed by atoms with Crippen LogP contribution in [0.5, 0.6) is 5.75 Å². The number of carbonyl (C=O) groups is 1. The molecule has 0 saturated heterocycles. The van der Waals surface area contributed by atoms with Crippen molar-refractivity contribution in [1.29, 1.82) is 0 Å². The van der Waals surface area contributed by atoms with Gasteiger partial charge in [0.2, 0.25) is 5.91 Å². The van der Waals surface area contributed by atoms with Crippen LogP contribution >= 0.6 is 0 Å². The molecule has 1 heterocycles. The van der Waals surface area contributed by atoms with Crippen LogP contribution in [0.2, 0.25) is 0 Å². The number of hydrogen-bond acceptors (Lipinski definition) is 2. The smallest absolute Gasteiger partial charge is 0.224 e. The molecule has 3 nitrogen and oxygen atoms in total. The van der Waals surface area contributed by atoms with Gasteiger partial charge in [-0.2, -0.15) is 0 Å². The van der Waals surface area contributed by atoms with E-state index in [4.69, 9.17) is 4.74 Å². The minimum Gasteiger partial charge on any atom is -0.493 e. The summed E-state index contributed by atoms with van der Waals surface area (Å²) in [5.41, 5.74) is 3.77. The Labute approximate surface area is 149 Å². The van der Waals surface area contributed by atoms with E-state index in [1.165, 1.54) is 24.0 Å². The fourth-order valence-corrected chi connectivity index (χ4v) is 4.28. The second kappa shape index (κ2) is 6.91. The van der Waals surface area contributed by atoms with Crippen molar-refractivity contribution in [2.24, 2.45) is 0 Å². The van der Waals surface area contributed by atoms with Crippen molar-refractivity contribution in [3.8, 4) is 5.75 Å². The van der Waals surface area contributed by atoms with Gasteiger partial charge in [0, 0.05) is 18.4 Å². The summed E-state index contributed by atoms with van der Waals surface area (Å²) in [6, 6.07) is 16.8. The molecule has 1 aliphatic heterocycles. The molecule has 2 aromatic carbocycles. The average Bonchev–Trinajstić information content (AvgIpc) is 3.30. The summed E-state index contributed by atoms with van der Waals surface area (Å²) in [5, 5.41) is 3.21. The van der Waals surface area contributed by atoms with Crippen molar-refractivity contribution < 1.29 is 9.53 Å². The molecular formula is C22H25NO2. The third kappa shape index (κ3) is 3.41. The van der Waals surface area contributed by atoms with Gasteiger partial charge in [0.15, 0.2) is 0 Å². The molecule has 130 valence electrons. The first-order chi connectivity index (χ1) is 12.3. The Bertz CT molecular complexity index is 748. The maximum Gasteiger partial charge on any atom is 0.224 e. The molecule has 25 heavy (non-hydrogen) atoms. The number of carbonyl (C=O) groups excluding carboxylic acids is 1. The Morgan fingerprint density at radius 2 is 1.88 bits per heavy atom. The largest absolute Gasteiger partial charge is 0.493 e. The Morgan fingerprint density at radius 3 is 2.68 bits per heavy atom. The summed E-state index contributed by atoms with van der Waals surface area (Å²) in [5.74, 6) is 1.08. The molecule has 3 heteroatoms. The molecule has 1 aliphatic carbocycles. The van der Waals surface area contributed by atoms with Crippen LogP contribution in [0.25, 0.3) is 0 Å². The van der Waals surface area contributed by atoms with Gasteiger partial charge < -0.3 is 10.1 Å². The topological polar surface area (TPSA) is 38.3 Å². The number of ether oxygens (including phenoxy) is 1. The molecule has 4 rings (SSSR count). The van der Waals surface area contributed by atoms with Crippen molar-refractivity contribution in [2.75, 3.05) is 13.2 Å². The molecule has 1 saturated carbocycles. The molecule has 0 bridgehead atoms. The van der Waals surface area contributed by atoms with Crippen LogP contribution in [0.3, 0.4) is 0 Å². The standard InChI is InChI=1S/C22H25NO2/c24-21(15-17-8-9-20-18(14-17)10-13-25-20)23-16-22(11-4-5-12-22)19-6-2-1-3-7-19/h1-3,6-9,14H,4-5,10-13,15-16H2,(H,23,24). The fraction of sp³-hybridized carbons (Fsp3) is 0.409. The van der Waals surface area contributed by atoms with E-state index in [0.717, 1.165) is 43.7 Å². The first-order valence-corrected chi connectivity index (χ1v) is 9.32. The van der Waals surface area contributed by atoms with Crippen LogP contribution in [-0.4, -0.2) is 19.1 Å². The van der Waals surface area contributed by atoms with E-state index < -0.39 is 0 Å².